The lowest BCUT2D eigenvalue weighted by Gasteiger charge is -2.10. The van der Waals surface area contributed by atoms with E-state index in [0.29, 0.717) is 0 Å². The summed E-state index contributed by atoms with van der Waals surface area (Å²) in [6.45, 7) is 1.74. The molecule has 8 heteroatoms. The highest BCUT2D eigenvalue weighted by Crippen LogP contribution is 2.24. The van der Waals surface area contributed by atoms with Gasteiger partial charge in [-0.1, -0.05) is 53.2 Å². The topological polar surface area (TPSA) is 55.7 Å². The number of rotatable bonds is 4. The Labute approximate surface area is 131 Å². The molecule has 0 aliphatic carbocycles. The minimum Gasteiger partial charge on any atom is -0.264 e. The first kappa shape index (κ1) is 17.0. The number of alkyl halides is 3. The second-order valence-corrected chi connectivity index (χ2v) is 6.17. The number of benzene rings is 2. The van der Waals surface area contributed by atoms with E-state index in [1.54, 1.807) is 6.92 Å². The first-order chi connectivity index (χ1) is 10.7. The zero-order chi connectivity index (χ0) is 17.1. The summed E-state index contributed by atoms with van der Waals surface area (Å²) in [5.74, 6) is 0. The Morgan fingerprint density at radius 3 is 2.09 bits per heavy atom. The average molecular weight is 343 g/mol. The van der Waals surface area contributed by atoms with Crippen LogP contribution in [0.15, 0.2) is 64.6 Å². The Morgan fingerprint density at radius 2 is 1.57 bits per heavy atom. The van der Waals surface area contributed by atoms with E-state index in [-0.39, 0.29) is 10.5 Å². The molecule has 2 aromatic rings. The van der Waals surface area contributed by atoms with Crippen LogP contribution in [0, 0.1) is 6.92 Å². The summed E-state index contributed by atoms with van der Waals surface area (Å²) < 4.78 is 67.1. The van der Waals surface area contributed by atoms with Crippen molar-refractivity contribution in [3.8, 4) is 0 Å². The summed E-state index contributed by atoms with van der Waals surface area (Å²) in [6, 6.07) is 12.1. The molecule has 2 rings (SSSR count). The Balaban J connectivity index is 2.36. The normalized spacial score (nSPS) is 13.0. The lowest BCUT2D eigenvalue weighted by Crippen LogP contribution is -2.25. The van der Waals surface area contributed by atoms with Crippen molar-refractivity contribution in [3.63, 3.8) is 0 Å². The molecule has 0 aliphatic heterocycles. The van der Waals surface area contributed by atoms with Crippen LogP contribution in [0.4, 0.5) is 13.2 Å². The van der Waals surface area contributed by atoms with Crippen molar-refractivity contribution < 1.29 is 25.9 Å². The molecule has 122 valence electrons. The van der Waals surface area contributed by atoms with Gasteiger partial charge < -0.3 is 0 Å². The van der Waals surface area contributed by atoms with Gasteiger partial charge in [0.05, 0.1) is 0 Å². The van der Waals surface area contributed by atoms with Crippen molar-refractivity contribution >= 4 is 15.8 Å². The predicted molar refractivity (Wildman–Crippen MR) is 78.5 cm³/mol. The van der Waals surface area contributed by atoms with Crippen LogP contribution >= 0.6 is 0 Å². The van der Waals surface area contributed by atoms with Crippen LogP contribution in [0.25, 0.3) is 0 Å². The van der Waals surface area contributed by atoms with E-state index in [2.05, 4.69) is 9.44 Å². The highest BCUT2D eigenvalue weighted by molar-refractivity contribution is 7.86. The van der Waals surface area contributed by atoms with Gasteiger partial charge in [0.1, 0.15) is 4.90 Å². The molecule has 0 spiro atoms. The summed E-state index contributed by atoms with van der Waals surface area (Å²) in [6.07, 6.45) is -4.86. The highest BCUT2D eigenvalue weighted by atomic mass is 32.2. The lowest BCUT2D eigenvalue weighted by atomic mass is 10.1. The van der Waals surface area contributed by atoms with Gasteiger partial charge in [-0.15, -0.1) is 0 Å². The Kier molecular flexibility index (Phi) is 4.74. The minimum absolute atomic E-state index is 0.276. The molecule has 0 atom stereocenters. The van der Waals surface area contributed by atoms with Crippen LogP contribution < -0.4 is 0 Å². The van der Waals surface area contributed by atoms with Crippen molar-refractivity contribution in [2.24, 2.45) is 5.16 Å². The van der Waals surface area contributed by atoms with Crippen molar-refractivity contribution in [1.82, 2.24) is 0 Å². The molecule has 0 amide bonds. The zero-order valence-corrected chi connectivity index (χ0v) is 12.7. The van der Waals surface area contributed by atoms with Crippen LogP contribution in [0.3, 0.4) is 0 Å². The van der Waals surface area contributed by atoms with E-state index in [1.165, 1.54) is 42.5 Å². The number of nitrogens with zero attached hydrogens (tertiary/aromatic N) is 1. The van der Waals surface area contributed by atoms with Gasteiger partial charge in [0, 0.05) is 5.56 Å². The summed E-state index contributed by atoms with van der Waals surface area (Å²) in [5.41, 5.74) is -0.916. The third-order valence-corrected chi connectivity index (χ3v) is 3.97. The predicted octanol–water partition coefficient (Wildman–Crippen LogP) is 3.67. The largest absolute Gasteiger partial charge is 0.437 e. The van der Waals surface area contributed by atoms with Gasteiger partial charge in [0.15, 0.2) is 5.71 Å². The number of halogens is 3. The van der Waals surface area contributed by atoms with Crippen LogP contribution in [-0.2, 0) is 14.4 Å². The van der Waals surface area contributed by atoms with Crippen molar-refractivity contribution in [1.29, 1.82) is 0 Å². The second kappa shape index (κ2) is 6.41. The van der Waals surface area contributed by atoms with Crippen LogP contribution in [0.2, 0.25) is 0 Å². The lowest BCUT2D eigenvalue weighted by molar-refractivity contribution is -0.0597. The number of hydrogen-bond acceptors (Lipinski definition) is 4. The molecule has 0 fully saturated rings. The maximum atomic E-state index is 13.0. The van der Waals surface area contributed by atoms with E-state index < -0.39 is 22.0 Å². The van der Waals surface area contributed by atoms with Gasteiger partial charge >= 0.3 is 16.3 Å². The molecule has 0 saturated carbocycles. The second-order valence-electron chi connectivity index (χ2n) is 4.65. The fraction of sp³-hybridized carbons (Fsp3) is 0.133. The number of aryl methyl sites for hydroxylation is 1. The zero-order valence-electron chi connectivity index (χ0n) is 11.9. The molecule has 0 unspecified atom stereocenters. The Bertz CT molecular complexity index is 798. The molecule has 0 aromatic heterocycles. The van der Waals surface area contributed by atoms with E-state index in [9.17, 15) is 21.6 Å². The first-order valence-electron chi connectivity index (χ1n) is 6.41. The summed E-state index contributed by atoms with van der Waals surface area (Å²) >= 11 is 0. The molecule has 0 N–H and O–H groups in total. The molecule has 0 aliphatic rings. The fourth-order valence-electron chi connectivity index (χ4n) is 1.70. The molecule has 2 aromatic carbocycles. The fourth-order valence-corrected chi connectivity index (χ4v) is 2.43. The monoisotopic (exact) mass is 343 g/mol. The van der Waals surface area contributed by atoms with E-state index in [4.69, 9.17) is 0 Å². The molecule has 23 heavy (non-hydrogen) atoms. The molecule has 4 nitrogen and oxygen atoms in total. The summed E-state index contributed by atoms with van der Waals surface area (Å²) in [4.78, 5) is -0.276. The maximum absolute atomic E-state index is 13.0. The van der Waals surface area contributed by atoms with Crippen LogP contribution in [0.5, 0.6) is 0 Å². The van der Waals surface area contributed by atoms with Crippen LogP contribution in [-0.4, -0.2) is 20.3 Å². The van der Waals surface area contributed by atoms with Gasteiger partial charge in [0.2, 0.25) is 0 Å². The summed E-state index contributed by atoms with van der Waals surface area (Å²) in [5, 5.41) is 2.84. The van der Waals surface area contributed by atoms with Gasteiger partial charge in [0.25, 0.3) is 0 Å². The van der Waals surface area contributed by atoms with Crippen molar-refractivity contribution in [2.75, 3.05) is 0 Å². The quantitative estimate of drug-likeness (QED) is 0.629. The third kappa shape index (κ3) is 4.32. The third-order valence-electron chi connectivity index (χ3n) is 2.85. The smallest absolute Gasteiger partial charge is 0.264 e. The number of hydrogen-bond donors (Lipinski definition) is 0. The van der Waals surface area contributed by atoms with Crippen molar-refractivity contribution in [2.45, 2.75) is 18.0 Å². The van der Waals surface area contributed by atoms with Crippen molar-refractivity contribution in [3.05, 3.63) is 65.7 Å². The van der Waals surface area contributed by atoms with Gasteiger partial charge in [-0.05, 0) is 19.1 Å². The van der Waals surface area contributed by atoms with E-state index in [1.807, 2.05) is 0 Å². The average Bonchev–Trinajstić information content (AvgIpc) is 2.47. The van der Waals surface area contributed by atoms with Gasteiger partial charge in [-0.2, -0.15) is 21.6 Å². The molecule has 0 bridgehead atoms. The maximum Gasteiger partial charge on any atom is 0.437 e. The molecule has 0 saturated heterocycles. The first-order valence-corrected chi connectivity index (χ1v) is 7.82. The van der Waals surface area contributed by atoms with Crippen LogP contribution in [0.1, 0.15) is 11.1 Å². The molecule has 0 radical (unpaired) electrons. The highest BCUT2D eigenvalue weighted by Gasteiger charge is 2.38. The molecular weight excluding hydrogens is 331 g/mol. The standard InChI is InChI=1S/C15H12F3NO3S/c1-11-7-9-13(10-8-11)23(20,21)22-19-14(15(16,17)18)12-5-3-2-4-6-12/h2-10H,1H3/b19-14-. The Hall–Kier alpha value is -2.35. The minimum atomic E-state index is -4.86. The number of oxime groups is 1. The van der Waals surface area contributed by atoms with E-state index >= 15 is 0 Å². The molecule has 0 heterocycles. The summed E-state index contributed by atoms with van der Waals surface area (Å²) in [7, 11) is -4.43. The Morgan fingerprint density at radius 1 is 1.00 bits per heavy atom. The SMILES string of the molecule is Cc1ccc(S(=O)(=O)O/N=C(/c2ccccc2)C(F)(F)F)cc1. The van der Waals surface area contributed by atoms with E-state index in [0.717, 1.165) is 17.7 Å². The molecular formula is C15H12F3NO3S. The van der Waals surface area contributed by atoms with Gasteiger partial charge in [-0.3, -0.25) is 4.28 Å². The van der Waals surface area contributed by atoms with Gasteiger partial charge in [-0.25, -0.2) is 0 Å².